The van der Waals surface area contributed by atoms with Crippen molar-refractivity contribution in [1.29, 1.82) is 0 Å². The molecule has 0 aliphatic carbocycles. The van der Waals surface area contributed by atoms with Crippen LogP contribution in [-0.4, -0.2) is 24.1 Å². The van der Waals surface area contributed by atoms with Crippen LogP contribution < -0.4 is 10.2 Å². The second-order valence-corrected chi connectivity index (χ2v) is 5.26. The molecule has 0 bridgehead atoms. The molecule has 0 radical (unpaired) electrons. The van der Waals surface area contributed by atoms with E-state index in [1.807, 2.05) is 11.8 Å². The van der Waals surface area contributed by atoms with Gasteiger partial charge in [-0.25, -0.2) is 13.8 Å². The Morgan fingerprint density at radius 3 is 2.75 bits per heavy atom. The highest BCUT2D eigenvalue weighted by atomic mass is 19.1. The van der Waals surface area contributed by atoms with Gasteiger partial charge in [0.05, 0.1) is 0 Å². The van der Waals surface area contributed by atoms with Crippen LogP contribution >= 0.6 is 0 Å². The maximum atomic E-state index is 14.1. The van der Waals surface area contributed by atoms with E-state index in [1.54, 1.807) is 0 Å². The Balaban J connectivity index is 2.35. The number of hydrogen-bond donors (Lipinski definition) is 1. The lowest BCUT2D eigenvalue weighted by Crippen LogP contribution is -2.36. The first kappa shape index (κ1) is 15.0. The zero-order valence-electron chi connectivity index (χ0n) is 12.3. The molecular formula is C15H23F2N3. The van der Waals surface area contributed by atoms with Crippen LogP contribution in [0, 0.1) is 11.6 Å². The predicted molar refractivity (Wildman–Crippen MR) is 78.2 cm³/mol. The summed E-state index contributed by atoms with van der Waals surface area (Å²) in [6.07, 6.45) is 5.36. The fraction of sp³-hybridized carbons (Fsp3) is 0.667. The molecule has 1 aliphatic rings. The normalized spacial score (nSPS) is 19.8. The minimum absolute atomic E-state index is 0.142. The summed E-state index contributed by atoms with van der Waals surface area (Å²) in [5, 5.41) is 2.85. The molecule has 2 heterocycles. The Morgan fingerprint density at radius 2 is 2.05 bits per heavy atom. The van der Waals surface area contributed by atoms with E-state index >= 15 is 0 Å². The minimum atomic E-state index is -0.629. The molecular weight excluding hydrogens is 260 g/mol. The van der Waals surface area contributed by atoms with Crippen LogP contribution in [0.3, 0.4) is 0 Å². The average molecular weight is 283 g/mol. The summed E-state index contributed by atoms with van der Waals surface area (Å²) in [6.45, 7) is 5.33. The Kier molecular flexibility index (Phi) is 5.15. The molecule has 1 unspecified atom stereocenters. The topological polar surface area (TPSA) is 28.2 Å². The molecule has 20 heavy (non-hydrogen) atoms. The van der Waals surface area contributed by atoms with Crippen molar-refractivity contribution in [3.63, 3.8) is 0 Å². The third kappa shape index (κ3) is 3.19. The first-order valence-electron chi connectivity index (χ1n) is 7.53. The van der Waals surface area contributed by atoms with Crippen LogP contribution in [0.15, 0.2) is 6.07 Å². The van der Waals surface area contributed by atoms with E-state index in [0.717, 1.165) is 44.7 Å². The maximum Gasteiger partial charge on any atom is 0.168 e. The Labute approximate surface area is 119 Å². The highest BCUT2D eigenvalue weighted by Gasteiger charge is 2.24. The van der Waals surface area contributed by atoms with Crippen molar-refractivity contribution in [2.45, 2.75) is 52.0 Å². The number of aromatic nitrogens is 1. The van der Waals surface area contributed by atoms with Crippen molar-refractivity contribution in [2.24, 2.45) is 0 Å². The average Bonchev–Trinajstić information content (AvgIpc) is 2.67. The SMILES string of the molecule is CCNc1nc(N2CCCCCC2CC)c(F)cc1F. The van der Waals surface area contributed by atoms with Gasteiger partial charge in [-0.15, -0.1) is 0 Å². The van der Waals surface area contributed by atoms with Gasteiger partial charge >= 0.3 is 0 Å². The molecule has 5 heteroatoms. The van der Waals surface area contributed by atoms with Gasteiger partial charge in [-0.2, -0.15) is 0 Å². The number of halogens is 2. The van der Waals surface area contributed by atoms with Crippen molar-refractivity contribution in [2.75, 3.05) is 23.3 Å². The molecule has 1 aromatic rings. The lowest BCUT2D eigenvalue weighted by molar-refractivity contribution is 0.525. The predicted octanol–water partition coefficient (Wildman–Crippen LogP) is 3.95. The molecule has 2 rings (SSSR count). The van der Waals surface area contributed by atoms with E-state index in [9.17, 15) is 8.78 Å². The Hall–Kier alpha value is -1.39. The van der Waals surface area contributed by atoms with Crippen molar-refractivity contribution >= 4 is 11.6 Å². The third-order valence-corrected chi connectivity index (χ3v) is 3.88. The lowest BCUT2D eigenvalue weighted by Gasteiger charge is -2.31. The molecule has 1 atom stereocenters. The zero-order chi connectivity index (χ0) is 14.5. The molecule has 1 aliphatic heterocycles. The summed E-state index contributed by atoms with van der Waals surface area (Å²) in [6, 6.07) is 1.23. The van der Waals surface area contributed by atoms with E-state index < -0.39 is 11.6 Å². The summed E-state index contributed by atoms with van der Waals surface area (Å²) >= 11 is 0. The smallest absolute Gasteiger partial charge is 0.168 e. The molecule has 1 N–H and O–H groups in total. The molecule has 1 saturated heterocycles. The van der Waals surface area contributed by atoms with Crippen LogP contribution in [0.2, 0.25) is 0 Å². The second-order valence-electron chi connectivity index (χ2n) is 5.26. The van der Waals surface area contributed by atoms with Gasteiger partial charge < -0.3 is 10.2 Å². The highest BCUT2D eigenvalue weighted by molar-refractivity contribution is 5.50. The summed E-state index contributed by atoms with van der Waals surface area (Å²) in [5.74, 6) is -0.764. The second kappa shape index (κ2) is 6.86. The highest BCUT2D eigenvalue weighted by Crippen LogP contribution is 2.28. The van der Waals surface area contributed by atoms with Gasteiger partial charge in [-0.05, 0) is 26.2 Å². The molecule has 0 spiro atoms. The molecule has 112 valence electrons. The standard InChI is InChI=1S/C15H23F2N3/c1-3-11-8-6-5-7-9-20(11)15-13(17)10-12(16)14(19-15)18-4-2/h10-11H,3-9H2,1-2H3,(H,18,19). The summed E-state index contributed by atoms with van der Waals surface area (Å²) in [7, 11) is 0. The first-order valence-corrected chi connectivity index (χ1v) is 7.53. The molecule has 1 fully saturated rings. The van der Waals surface area contributed by atoms with Crippen molar-refractivity contribution in [3.8, 4) is 0 Å². The fourth-order valence-electron chi connectivity index (χ4n) is 2.83. The summed E-state index contributed by atoms with van der Waals surface area (Å²) in [5.41, 5.74) is 0. The van der Waals surface area contributed by atoms with Gasteiger partial charge in [0.2, 0.25) is 0 Å². The van der Waals surface area contributed by atoms with Crippen molar-refractivity contribution < 1.29 is 8.78 Å². The van der Waals surface area contributed by atoms with Crippen LogP contribution in [-0.2, 0) is 0 Å². The quantitative estimate of drug-likeness (QED) is 0.907. The van der Waals surface area contributed by atoms with Crippen molar-refractivity contribution in [3.05, 3.63) is 17.7 Å². The Bertz CT molecular complexity index is 451. The number of rotatable bonds is 4. The summed E-state index contributed by atoms with van der Waals surface area (Å²) in [4.78, 5) is 6.21. The van der Waals surface area contributed by atoms with Gasteiger partial charge in [-0.3, -0.25) is 0 Å². The first-order chi connectivity index (χ1) is 9.67. The third-order valence-electron chi connectivity index (χ3n) is 3.88. The van der Waals surface area contributed by atoms with E-state index in [-0.39, 0.29) is 11.6 Å². The van der Waals surface area contributed by atoms with Gasteiger partial charge in [0.15, 0.2) is 23.3 Å². The number of hydrogen-bond acceptors (Lipinski definition) is 3. The fourth-order valence-corrected chi connectivity index (χ4v) is 2.83. The number of anilines is 2. The van der Waals surface area contributed by atoms with Gasteiger partial charge in [-0.1, -0.05) is 19.8 Å². The molecule has 0 aromatic carbocycles. The molecule has 3 nitrogen and oxygen atoms in total. The molecule has 0 amide bonds. The molecule has 1 aromatic heterocycles. The van der Waals surface area contributed by atoms with Crippen LogP contribution in [0.1, 0.15) is 46.0 Å². The minimum Gasteiger partial charge on any atom is -0.368 e. The van der Waals surface area contributed by atoms with Gasteiger partial charge in [0.1, 0.15) is 0 Å². The van der Waals surface area contributed by atoms with E-state index in [0.29, 0.717) is 12.6 Å². The van der Waals surface area contributed by atoms with Crippen LogP contribution in [0.4, 0.5) is 20.4 Å². The number of nitrogens with zero attached hydrogens (tertiary/aromatic N) is 2. The van der Waals surface area contributed by atoms with E-state index in [2.05, 4.69) is 17.2 Å². The van der Waals surface area contributed by atoms with Crippen LogP contribution in [0.25, 0.3) is 0 Å². The zero-order valence-corrected chi connectivity index (χ0v) is 12.3. The largest absolute Gasteiger partial charge is 0.368 e. The lowest BCUT2D eigenvalue weighted by atomic mass is 10.1. The molecule has 0 saturated carbocycles. The van der Waals surface area contributed by atoms with Gasteiger partial charge in [0, 0.05) is 25.2 Å². The monoisotopic (exact) mass is 283 g/mol. The van der Waals surface area contributed by atoms with Crippen molar-refractivity contribution in [1.82, 2.24) is 4.98 Å². The van der Waals surface area contributed by atoms with Gasteiger partial charge in [0.25, 0.3) is 0 Å². The van der Waals surface area contributed by atoms with E-state index in [1.165, 1.54) is 0 Å². The number of nitrogens with one attached hydrogen (secondary N) is 1. The van der Waals surface area contributed by atoms with E-state index in [4.69, 9.17) is 0 Å². The number of pyridine rings is 1. The maximum absolute atomic E-state index is 14.1. The van der Waals surface area contributed by atoms with Crippen LogP contribution in [0.5, 0.6) is 0 Å². The summed E-state index contributed by atoms with van der Waals surface area (Å²) < 4.78 is 27.8. The Morgan fingerprint density at radius 1 is 1.25 bits per heavy atom.